The quantitative estimate of drug-likeness (QED) is 0.133. The first kappa shape index (κ1) is 31.5. The van der Waals surface area contributed by atoms with Gasteiger partial charge >= 0.3 is 12.1 Å². The van der Waals surface area contributed by atoms with Crippen LogP contribution in [0.3, 0.4) is 0 Å². The molecule has 46 heavy (non-hydrogen) atoms. The van der Waals surface area contributed by atoms with Gasteiger partial charge < -0.3 is 18.6 Å². The summed E-state index contributed by atoms with van der Waals surface area (Å²) in [6, 6.07) is 11.3. The van der Waals surface area contributed by atoms with E-state index < -0.39 is 24.5 Å². The van der Waals surface area contributed by atoms with Crippen LogP contribution in [-0.4, -0.2) is 66.1 Å². The number of nitrogens with zero attached hydrogens (tertiary/aromatic N) is 7. The number of hydrogen-bond donors (Lipinski definition) is 0. The van der Waals surface area contributed by atoms with Crippen molar-refractivity contribution < 1.29 is 31.8 Å². The number of esters is 1. The first-order valence-corrected chi connectivity index (χ1v) is 14.9. The van der Waals surface area contributed by atoms with Crippen molar-refractivity contribution >= 4 is 28.6 Å². The van der Waals surface area contributed by atoms with E-state index in [-0.39, 0.29) is 19.2 Å². The average molecular weight is 660 g/mol. The first-order valence-electron chi connectivity index (χ1n) is 14.5. The standard InChI is InChI=1S/C31H30ClF4N7O3/c1-45-30(44)20-3-5-26-27(12-20)42(15-24-14-37-19-41(24)18-31(34,35)36)28(38-26)16-40-9-6-23(7-10-40)43-11-8-29(39-43)46-17-21-2-4-22(32)13-25(21)33/h2-5,8,11-14,19,23H,6-7,9-10,15-18H2,1H3. The third-order valence-electron chi connectivity index (χ3n) is 7.99. The summed E-state index contributed by atoms with van der Waals surface area (Å²) in [6.45, 7) is 0.834. The Morgan fingerprint density at radius 1 is 1.09 bits per heavy atom. The maximum Gasteiger partial charge on any atom is 0.406 e. The Kier molecular flexibility index (Phi) is 9.00. The van der Waals surface area contributed by atoms with Gasteiger partial charge in [-0.2, -0.15) is 13.2 Å². The largest absolute Gasteiger partial charge is 0.472 e. The summed E-state index contributed by atoms with van der Waals surface area (Å²) in [6.07, 6.45) is 1.58. The zero-order valence-corrected chi connectivity index (χ0v) is 25.5. The van der Waals surface area contributed by atoms with Gasteiger partial charge in [0, 0.05) is 42.1 Å². The molecule has 1 saturated heterocycles. The second-order valence-electron chi connectivity index (χ2n) is 11.1. The number of benzene rings is 2. The van der Waals surface area contributed by atoms with Crippen molar-refractivity contribution in [3.63, 3.8) is 0 Å². The van der Waals surface area contributed by atoms with Crippen molar-refractivity contribution in [2.75, 3.05) is 20.2 Å². The number of halogens is 5. The van der Waals surface area contributed by atoms with Crippen LogP contribution in [0.1, 0.15) is 46.3 Å². The molecule has 0 aliphatic carbocycles. The van der Waals surface area contributed by atoms with E-state index in [9.17, 15) is 22.4 Å². The molecule has 6 rings (SSSR count). The van der Waals surface area contributed by atoms with E-state index in [2.05, 4.69) is 15.0 Å². The van der Waals surface area contributed by atoms with Gasteiger partial charge in [0.1, 0.15) is 24.8 Å². The number of fused-ring (bicyclic) bond motifs is 1. The SMILES string of the molecule is COC(=O)c1ccc2nc(CN3CCC(n4ccc(OCc5ccc(Cl)cc5F)n4)CC3)n(Cc3cncn3CC(F)(F)F)c2c1. The lowest BCUT2D eigenvalue weighted by molar-refractivity contribution is -0.141. The molecule has 0 atom stereocenters. The molecular formula is C31H30ClF4N7O3. The van der Waals surface area contributed by atoms with Crippen molar-refractivity contribution in [2.24, 2.45) is 0 Å². The number of rotatable bonds is 10. The van der Waals surface area contributed by atoms with E-state index in [4.69, 9.17) is 26.1 Å². The molecule has 0 saturated carbocycles. The number of ether oxygens (including phenoxy) is 2. The minimum Gasteiger partial charge on any atom is -0.472 e. The predicted molar refractivity (Wildman–Crippen MR) is 160 cm³/mol. The van der Waals surface area contributed by atoms with Crippen LogP contribution in [-0.2, 0) is 31.0 Å². The Hall–Kier alpha value is -4.43. The third-order valence-corrected chi connectivity index (χ3v) is 8.22. The molecule has 242 valence electrons. The first-order chi connectivity index (χ1) is 22.1. The lowest BCUT2D eigenvalue weighted by Gasteiger charge is -2.31. The summed E-state index contributed by atoms with van der Waals surface area (Å²) in [5, 5.41) is 4.85. The van der Waals surface area contributed by atoms with E-state index >= 15 is 0 Å². The molecule has 0 radical (unpaired) electrons. The number of likely N-dealkylation sites (tertiary alicyclic amines) is 1. The van der Waals surface area contributed by atoms with Crippen LogP contribution in [0.15, 0.2) is 61.2 Å². The van der Waals surface area contributed by atoms with Gasteiger partial charge in [-0.25, -0.2) is 19.2 Å². The number of carbonyl (C=O) groups excluding carboxylic acids is 1. The molecule has 0 amide bonds. The van der Waals surface area contributed by atoms with E-state index in [0.29, 0.717) is 51.1 Å². The van der Waals surface area contributed by atoms with Crippen LogP contribution in [0, 0.1) is 5.82 Å². The normalized spacial score (nSPS) is 14.7. The Bertz CT molecular complexity index is 1840. The molecule has 15 heteroatoms. The highest BCUT2D eigenvalue weighted by atomic mass is 35.5. The highest BCUT2D eigenvalue weighted by Crippen LogP contribution is 2.27. The molecule has 5 aromatic rings. The fourth-order valence-corrected chi connectivity index (χ4v) is 5.78. The minimum absolute atomic E-state index is 0.0254. The van der Waals surface area contributed by atoms with Crippen LogP contribution in [0.25, 0.3) is 11.0 Å². The van der Waals surface area contributed by atoms with Crippen LogP contribution in [0.2, 0.25) is 5.02 Å². The average Bonchev–Trinajstić information content (AvgIpc) is 3.75. The Morgan fingerprint density at radius 2 is 1.89 bits per heavy atom. The Morgan fingerprint density at radius 3 is 2.63 bits per heavy atom. The molecular weight excluding hydrogens is 630 g/mol. The summed E-state index contributed by atoms with van der Waals surface area (Å²) in [7, 11) is 1.29. The predicted octanol–water partition coefficient (Wildman–Crippen LogP) is 6.04. The summed E-state index contributed by atoms with van der Waals surface area (Å²) < 4.78 is 69.1. The number of carbonyl (C=O) groups is 1. The van der Waals surface area contributed by atoms with Crippen LogP contribution in [0.4, 0.5) is 17.6 Å². The van der Waals surface area contributed by atoms with Gasteiger partial charge in [-0.05, 0) is 43.2 Å². The number of hydrogen-bond acceptors (Lipinski definition) is 7. The highest BCUT2D eigenvalue weighted by molar-refractivity contribution is 6.30. The number of alkyl halides is 3. The minimum atomic E-state index is -4.41. The van der Waals surface area contributed by atoms with Gasteiger partial charge in [0.05, 0.1) is 54.9 Å². The van der Waals surface area contributed by atoms with E-state index in [1.54, 1.807) is 36.4 Å². The molecule has 0 unspecified atom stereocenters. The van der Waals surface area contributed by atoms with Crippen molar-refractivity contribution in [3.8, 4) is 5.88 Å². The van der Waals surface area contributed by atoms with E-state index in [0.717, 1.165) is 36.8 Å². The highest BCUT2D eigenvalue weighted by Gasteiger charge is 2.29. The summed E-state index contributed by atoms with van der Waals surface area (Å²) in [4.78, 5) is 23.2. The molecule has 4 heterocycles. The van der Waals surface area contributed by atoms with Gasteiger partial charge in [0.25, 0.3) is 0 Å². The Balaban J connectivity index is 1.15. The van der Waals surface area contributed by atoms with Gasteiger partial charge in [0.2, 0.25) is 5.88 Å². The molecule has 1 aliphatic rings. The second-order valence-corrected chi connectivity index (χ2v) is 11.5. The van der Waals surface area contributed by atoms with Crippen LogP contribution >= 0.6 is 11.6 Å². The molecule has 0 bridgehead atoms. The fraction of sp³-hybridized carbons (Fsp3) is 0.355. The van der Waals surface area contributed by atoms with Crippen LogP contribution in [0.5, 0.6) is 5.88 Å². The lowest BCUT2D eigenvalue weighted by Crippen LogP contribution is -2.35. The molecule has 2 aromatic carbocycles. The molecule has 10 nitrogen and oxygen atoms in total. The summed E-state index contributed by atoms with van der Waals surface area (Å²) in [5.41, 5.74) is 2.27. The van der Waals surface area contributed by atoms with Gasteiger partial charge in [-0.3, -0.25) is 9.58 Å². The summed E-state index contributed by atoms with van der Waals surface area (Å²) in [5.74, 6) is 0.0781. The molecule has 1 aliphatic heterocycles. The maximum absolute atomic E-state index is 14.1. The van der Waals surface area contributed by atoms with E-state index in [1.165, 1.54) is 19.4 Å². The molecule has 1 fully saturated rings. The van der Waals surface area contributed by atoms with Gasteiger partial charge in [0.15, 0.2) is 0 Å². The smallest absolute Gasteiger partial charge is 0.406 e. The summed E-state index contributed by atoms with van der Waals surface area (Å²) >= 11 is 5.82. The zero-order chi connectivity index (χ0) is 32.4. The van der Waals surface area contributed by atoms with Crippen molar-refractivity contribution in [1.82, 2.24) is 33.8 Å². The Labute approximate surface area is 266 Å². The van der Waals surface area contributed by atoms with Crippen LogP contribution < -0.4 is 4.74 Å². The third kappa shape index (κ3) is 7.18. The lowest BCUT2D eigenvalue weighted by atomic mass is 10.1. The monoisotopic (exact) mass is 659 g/mol. The van der Waals surface area contributed by atoms with Crippen molar-refractivity contribution in [2.45, 2.75) is 51.3 Å². The van der Waals surface area contributed by atoms with Gasteiger partial charge in [-0.15, -0.1) is 5.10 Å². The maximum atomic E-state index is 14.1. The topological polar surface area (TPSA) is 92.2 Å². The molecule has 3 aromatic heterocycles. The molecule has 0 N–H and O–H groups in total. The zero-order valence-electron chi connectivity index (χ0n) is 24.8. The van der Waals surface area contributed by atoms with Crippen molar-refractivity contribution in [3.05, 3.63) is 94.7 Å². The second kappa shape index (κ2) is 13.1. The van der Waals surface area contributed by atoms with Crippen molar-refractivity contribution in [1.29, 1.82) is 0 Å². The number of piperidine rings is 1. The molecule has 0 spiro atoms. The number of methoxy groups -OCH3 is 1. The fourth-order valence-electron chi connectivity index (χ4n) is 5.63. The number of imidazole rings is 2. The van der Waals surface area contributed by atoms with E-state index in [1.807, 2.05) is 15.4 Å². The van der Waals surface area contributed by atoms with Gasteiger partial charge in [-0.1, -0.05) is 17.7 Å². The number of aromatic nitrogens is 6.